The molecule has 0 radical (unpaired) electrons. The third-order valence-corrected chi connectivity index (χ3v) is 7.06. The van der Waals surface area contributed by atoms with Crippen molar-refractivity contribution in [3.05, 3.63) is 95.6 Å². The monoisotopic (exact) mass is 481 g/mol. The van der Waals surface area contributed by atoms with Gasteiger partial charge in [-0.15, -0.1) is 0 Å². The summed E-state index contributed by atoms with van der Waals surface area (Å²) in [5.41, 5.74) is 5.35. The van der Waals surface area contributed by atoms with Gasteiger partial charge in [0.2, 0.25) is 0 Å². The fourth-order valence-electron chi connectivity index (χ4n) is 5.02. The molecule has 186 valence electrons. The molecular formula is C32H35NO3. The third-order valence-electron chi connectivity index (χ3n) is 7.06. The van der Waals surface area contributed by atoms with Crippen LogP contribution in [-0.4, -0.2) is 36.8 Å². The number of rotatable bonds is 10. The van der Waals surface area contributed by atoms with E-state index in [9.17, 15) is 5.11 Å². The number of hydrogen-bond donors (Lipinski definition) is 1. The van der Waals surface area contributed by atoms with Gasteiger partial charge < -0.3 is 19.5 Å². The summed E-state index contributed by atoms with van der Waals surface area (Å²) in [6.45, 7) is 4.93. The molecule has 0 bridgehead atoms. The van der Waals surface area contributed by atoms with Crippen molar-refractivity contribution in [2.75, 3.05) is 26.7 Å². The lowest BCUT2D eigenvalue weighted by Crippen LogP contribution is -2.25. The highest BCUT2D eigenvalue weighted by atomic mass is 16.5. The lowest BCUT2D eigenvalue weighted by molar-refractivity contribution is 0.233. The van der Waals surface area contributed by atoms with Gasteiger partial charge >= 0.3 is 0 Å². The SMILES string of the molecule is CCCCCN(C)CCOc1ccc(C2Oc3cc(CO)ccc3-c3ccc4ccccc4c32)cc1. The van der Waals surface area contributed by atoms with Crippen molar-refractivity contribution in [1.82, 2.24) is 4.90 Å². The van der Waals surface area contributed by atoms with Gasteiger partial charge in [0.05, 0.1) is 6.61 Å². The minimum atomic E-state index is -0.244. The van der Waals surface area contributed by atoms with E-state index in [0.717, 1.165) is 41.3 Å². The molecule has 4 nitrogen and oxygen atoms in total. The van der Waals surface area contributed by atoms with Crippen LogP contribution < -0.4 is 9.47 Å². The maximum Gasteiger partial charge on any atom is 0.150 e. The van der Waals surface area contributed by atoms with Crippen LogP contribution in [0.25, 0.3) is 21.9 Å². The van der Waals surface area contributed by atoms with Crippen LogP contribution in [0.4, 0.5) is 0 Å². The van der Waals surface area contributed by atoms with E-state index in [-0.39, 0.29) is 12.7 Å². The van der Waals surface area contributed by atoms with Crippen LogP contribution in [0.2, 0.25) is 0 Å². The molecule has 0 aromatic heterocycles. The first kappa shape index (κ1) is 24.4. The number of hydrogen-bond acceptors (Lipinski definition) is 4. The number of unbranched alkanes of at least 4 members (excludes halogenated alkanes) is 2. The summed E-state index contributed by atoms with van der Waals surface area (Å²) in [5, 5.41) is 12.1. The van der Waals surface area contributed by atoms with Crippen molar-refractivity contribution in [3.63, 3.8) is 0 Å². The Labute approximate surface area is 214 Å². The number of nitrogens with zero attached hydrogens (tertiary/aromatic N) is 1. The van der Waals surface area contributed by atoms with Crippen molar-refractivity contribution >= 4 is 10.8 Å². The fraction of sp³-hybridized carbons (Fsp3) is 0.312. The smallest absolute Gasteiger partial charge is 0.150 e. The average Bonchev–Trinajstić information content (AvgIpc) is 2.92. The maximum absolute atomic E-state index is 9.68. The summed E-state index contributed by atoms with van der Waals surface area (Å²) in [6.07, 6.45) is 3.52. The minimum Gasteiger partial charge on any atom is -0.492 e. The molecule has 0 aliphatic carbocycles. The van der Waals surface area contributed by atoms with Crippen LogP contribution in [0.15, 0.2) is 78.9 Å². The molecule has 5 rings (SSSR count). The summed E-state index contributed by atoms with van der Waals surface area (Å²) >= 11 is 0. The van der Waals surface area contributed by atoms with Crippen LogP contribution in [0.3, 0.4) is 0 Å². The van der Waals surface area contributed by atoms with Crippen molar-refractivity contribution in [2.24, 2.45) is 0 Å². The number of aliphatic hydroxyl groups is 1. The molecule has 36 heavy (non-hydrogen) atoms. The zero-order valence-electron chi connectivity index (χ0n) is 21.2. The summed E-state index contributed by atoms with van der Waals surface area (Å²) < 4.78 is 12.7. The van der Waals surface area contributed by atoms with E-state index >= 15 is 0 Å². The summed E-state index contributed by atoms with van der Waals surface area (Å²) in [5.74, 6) is 1.68. The molecule has 1 N–H and O–H groups in total. The Morgan fingerprint density at radius 1 is 0.889 bits per heavy atom. The van der Waals surface area contributed by atoms with Gasteiger partial charge in [-0.3, -0.25) is 0 Å². The molecule has 0 fully saturated rings. The van der Waals surface area contributed by atoms with Crippen LogP contribution in [-0.2, 0) is 6.61 Å². The highest BCUT2D eigenvalue weighted by Crippen LogP contribution is 2.47. The zero-order chi connectivity index (χ0) is 24.9. The number of ether oxygens (including phenoxy) is 2. The molecule has 4 aromatic rings. The van der Waals surface area contributed by atoms with Crippen LogP contribution >= 0.6 is 0 Å². The maximum atomic E-state index is 9.68. The van der Waals surface area contributed by atoms with Gasteiger partial charge in [0.15, 0.2) is 6.10 Å². The van der Waals surface area contributed by atoms with E-state index in [2.05, 4.69) is 73.5 Å². The van der Waals surface area contributed by atoms with E-state index in [0.29, 0.717) is 6.61 Å². The summed E-state index contributed by atoms with van der Waals surface area (Å²) in [4.78, 5) is 2.33. The van der Waals surface area contributed by atoms with Crippen molar-refractivity contribution in [2.45, 2.75) is 38.9 Å². The molecule has 0 saturated heterocycles. The molecule has 0 spiro atoms. The van der Waals surface area contributed by atoms with E-state index in [1.807, 2.05) is 24.3 Å². The molecule has 1 aliphatic rings. The third kappa shape index (κ3) is 5.11. The highest BCUT2D eigenvalue weighted by Gasteiger charge is 2.29. The first-order valence-electron chi connectivity index (χ1n) is 13.0. The van der Waals surface area contributed by atoms with Gasteiger partial charge in [0, 0.05) is 17.7 Å². The molecule has 0 saturated carbocycles. The molecule has 1 aliphatic heterocycles. The topological polar surface area (TPSA) is 41.9 Å². The first-order valence-corrected chi connectivity index (χ1v) is 13.0. The largest absolute Gasteiger partial charge is 0.492 e. The van der Waals surface area contributed by atoms with Crippen molar-refractivity contribution in [1.29, 1.82) is 0 Å². The Balaban J connectivity index is 1.40. The average molecular weight is 482 g/mol. The van der Waals surface area contributed by atoms with E-state index < -0.39 is 0 Å². The Kier molecular flexibility index (Phi) is 7.55. The molecule has 1 heterocycles. The van der Waals surface area contributed by atoms with Crippen LogP contribution in [0.5, 0.6) is 11.5 Å². The first-order chi connectivity index (χ1) is 17.7. The van der Waals surface area contributed by atoms with Crippen LogP contribution in [0, 0.1) is 0 Å². The fourth-order valence-corrected chi connectivity index (χ4v) is 5.02. The second-order valence-electron chi connectivity index (χ2n) is 9.66. The second-order valence-corrected chi connectivity index (χ2v) is 9.66. The predicted molar refractivity (Wildman–Crippen MR) is 147 cm³/mol. The lowest BCUT2D eigenvalue weighted by atomic mass is 9.85. The van der Waals surface area contributed by atoms with Gasteiger partial charge in [-0.25, -0.2) is 0 Å². The standard InChI is InChI=1S/C32H35NO3/c1-3-4-7-18-33(2)19-20-35-26-14-11-25(12-15-26)32-31-27-9-6-5-8-24(27)13-17-29(31)28-16-10-23(22-34)21-30(28)36-32/h5-6,8-17,21,32,34H,3-4,7,18-20,22H2,1-2H3. The van der Waals surface area contributed by atoms with Crippen LogP contribution in [0.1, 0.15) is 49.0 Å². The number of fused-ring (bicyclic) bond motifs is 5. The predicted octanol–water partition coefficient (Wildman–Crippen LogP) is 6.98. The molecule has 1 unspecified atom stereocenters. The molecule has 4 aromatic carbocycles. The number of benzene rings is 4. The van der Waals surface area contributed by atoms with Gasteiger partial charge in [0.25, 0.3) is 0 Å². The van der Waals surface area contributed by atoms with Gasteiger partial charge in [0.1, 0.15) is 18.1 Å². The Morgan fingerprint density at radius 2 is 1.69 bits per heavy atom. The summed E-state index contributed by atoms with van der Waals surface area (Å²) in [6, 6.07) is 27.1. The quantitative estimate of drug-likeness (QED) is 0.248. The summed E-state index contributed by atoms with van der Waals surface area (Å²) in [7, 11) is 2.16. The Morgan fingerprint density at radius 3 is 2.50 bits per heavy atom. The molecular weight excluding hydrogens is 446 g/mol. The normalized spacial score (nSPS) is 14.4. The van der Waals surface area contributed by atoms with Gasteiger partial charge in [-0.1, -0.05) is 80.4 Å². The molecule has 4 heteroatoms. The number of likely N-dealkylation sites (N-methyl/N-ethyl adjacent to an activating group) is 1. The van der Waals surface area contributed by atoms with Gasteiger partial charge in [-0.05, 0) is 65.7 Å². The van der Waals surface area contributed by atoms with E-state index in [1.165, 1.54) is 41.2 Å². The zero-order valence-corrected chi connectivity index (χ0v) is 21.2. The molecule has 1 atom stereocenters. The second kappa shape index (κ2) is 11.2. The highest BCUT2D eigenvalue weighted by molar-refractivity contribution is 5.94. The number of aliphatic hydroxyl groups excluding tert-OH is 1. The van der Waals surface area contributed by atoms with E-state index in [4.69, 9.17) is 9.47 Å². The minimum absolute atomic E-state index is 0.00822. The van der Waals surface area contributed by atoms with Crippen molar-refractivity contribution in [3.8, 4) is 22.6 Å². The van der Waals surface area contributed by atoms with Crippen molar-refractivity contribution < 1.29 is 14.6 Å². The van der Waals surface area contributed by atoms with E-state index in [1.54, 1.807) is 0 Å². The Bertz CT molecular complexity index is 1320. The van der Waals surface area contributed by atoms with Gasteiger partial charge in [-0.2, -0.15) is 0 Å². The Hall–Kier alpha value is -3.34. The molecule has 0 amide bonds. The lowest BCUT2D eigenvalue weighted by Gasteiger charge is -2.31.